The van der Waals surface area contributed by atoms with Gasteiger partial charge in [-0.25, -0.2) is 0 Å². The van der Waals surface area contributed by atoms with Crippen LogP contribution in [0, 0.1) is 0 Å². The second-order valence-corrected chi connectivity index (χ2v) is 4.90. The molecule has 3 nitrogen and oxygen atoms in total. The minimum absolute atomic E-state index is 0.0663. The van der Waals surface area contributed by atoms with Crippen molar-refractivity contribution >= 4 is 5.91 Å². The molecule has 0 spiro atoms. The van der Waals surface area contributed by atoms with E-state index in [0.717, 1.165) is 5.56 Å². The van der Waals surface area contributed by atoms with Crippen LogP contribution in [0.3, 0.4) is 0 Å². The first-order chi connectivity index (χ1) is 9.75. The molecule has 0 aromatic heterocycles. The van der Waals surface area contributed by atoms with Crippen LogP contribution >= 0.6 is 0 Å². The van der Waals surface area contributed by atoms with Crippen LogP contribution in [0.2, 0.25) is 0 Å². The summed E-state index contributed by atoms with van der Waals surface area (Å²) in [7, 11) is 0. The normalized spacial score (nSPS) is 11.8. The number of nitrogens with one attached hydrogen (secondary N) is 1. The van der Waals surface area contributed by atoms with Gasteiger partial charge in [0.2, 0.25) is 0 Å². The minimum atomic E-state index is 0.0663. The number of rotatable bonds is 6. The van der Waals surface area contributed by atoms with Gasteiger partial charge in [0.15, 0.2) is 6.54 Å². The second-order valence-electron chi connectivity index (χ2n) is 4.90. The summed E-state index contributed by atoms with van der Waals surface area (Å²) in [4.78, 5) is 11.8. The summed E-state index contributed by atoms with van der Waals surface area (Å²) < 4.78 is 0. The van der Waals surface area contributed by atoms with Gasteiger partial charge in [0.1, 0.15) is 6.04 Å². The number of carbonyl (C=O) groups is 1. The Balaban J connectivity index is 1.73. The lowest BCUT2D eigenvalue weighted by molar-refractivity contribution is -0.682. The van der Waals surface area contributed by atoms with Gasteiger partial charge in [-0.05, 0) is 12.5 Å². The van der Waals surface area contributed by atoms with Crippen molar-refractivity contribution < 1.29 is 10.1 Å². The Morgan fingerprint density at radius 3 is 2.30 bits per heavy atom. The summed E-state index contributed by atoms with van der Waals surface area (Å²) in [6, 6.07) is 20.5. The van der Waals surface area contributed by atoms with Crippen LogP contribution < -0.4 is 10.6 Å². The molecule has 0 bridgehead atoms. The third-order valence-electron chi connectivity index (χ3n) is 3.31. The van der Waals surface area contributed by atoms with Crippen molar-refractivity contribution in [1.29, 1.82) is 0 Å². The van der Waals surface area contributed by atoms with E-state index < -0.39 is 0 Å². The molecule has 0 saturated carbocycles. The van der Waals surface area contributed by atoms with E-state index in [-0.39, 0.29) is 5.91 Å². The molecule has 0 saturated heterocycles. The second kappa shape index (κ2) is 7.46. The molecule has 3 N–H and O–H groups in total. The molecule has 3 heteroatoms. The molecule has 1 amide bonds. The topological polar surface area (TPSA) is 45.7 Å². The smallest absolute Gasteiger partial charge is 0.275 e. The zero-order valence-corrected chi connectivity index (χ0v) is 11.8. The van der Waals surface area contributed by atoms with Gasteiger partial charge in [-0.3, -0.25) is 4.79 Å². The van der Waals surface area contributed by atoms with E-state index in [9.17, 15) is 4.79 Å². The standard InChI is InChI=1S/C17H20N2O/c1-14(16-10-6-3-7-11-16)18-13-17(20)19-12-15-8-4-2-5-9-15/h2-11,14,18H,12-13H2,1H3,(H,19,20)/p+1/t14-/m1/s1. The first-order valence-corrected chi connectivity index (χ1v) is 6.94. The Bertz CT molecular complexity index is 525. The minimum Gasteiger partial charge on any atom is -0.347 e. The number of quaternary nitrogens is 1. The molecule has 20 heavy (non-hydrogen) atoms. The Hall–Kier alpha value is -2.13. The molecule has 2 rings (SSSR count). The molecule has 0 aliphatic heterocycles. The van der Waals surface area contributed by atoms with Crippen molar-refractivity contribution in [2.45, 2.75) is 19.5 Å². The van der Waals surface area contributed by atoms with Crippen LogP contribution in [0.15, 0.2) is 60.7 Å². The fourth-order valence-electron chi connectivity index (χ4n) is 2.05. The molecule has 0 radical (unpaired) electrons. The average Bonchev–Trinajstić information content (AvgIpc) is 2.52. The van der Waals surface area contributed by atoms with E-state index >= 15 is 0 Å². The monoisotopic (exact) mass is 269 g/mol. The lowest BCUT2D eigenvalue weighted by Crippen LogP contribution is -2.87. The van der Waals surface area contributed by atoms with Crippen LogP contribution in [0.25, 0.3) is 0 Å². The number of hydrogen-bond donors (Lipinski definition) is 2. The van der Waals surface area contributed by atoms with E-state index in [1.807, 2.05) is 48.5 Å². The molecular formula is C17H21N2O+. The molecular weight excluding hydrogens is 248 g/mol. The van der Waals surface area contributed by atoms with Crippen molar-refractivity contribution in [2.75, 3.05) is 6.54 Å². The van der Waals surface area contributed by atoms with Crippen molar-refractivity contribution in [3.8, 4) is 0 Å². The van der Waals surface area contributed by atoms with Crippen molar-refractivity contribution in [3.63, 3.8) is 0 Å². The van der Waals surface area contributed by atoms with E-state index in [2.05, 4.69) is 29.7 Å². The predicted octanol–water partition coefficient (Wildman–Crippen LogP) is 1.63. The molecule has 0 unspecified atom stereocenters. The molecule has 1 atom stereocenters. The summed E-state index contributed by atoms with van der Waals surface area (Å²) in [5.41, 5.74) is 2.36. The maximum atomic E-state index is 11.8. The van der Waals surface area contributed by atoms with Gasteiger partial charge in [0.05, 0.1) is 0 Å². The average molecular weight is 269 g/mol. The highest BCUT2D eigenvalue weighted by Crippen LogP contribution is 2.05. The van der Waals surface area contributed by atoms with Gasteiger partial charge in [-0.2, -0.15) is 0 Å². The summed E-state index contributed by atoms with van der Waals surface area (Å²) in [6.07, 6.45) is 0. The van der Waals surface area contributed by atoms with Gasteiger partial charge in [-0.15, -0.1) is 0 Å². The van der Waals surface area contributed by atoms with E-state index in [0.29, 0.717) is 19.1 Å². The third-order valence-corrected chi connectivity index (χ3v) is 3.31. The van der Waals surface area contributed by atoms with Crippen LogP contribution in [0.5, 0.6) is 0 Å². The number of hydrogen-bond acceptors (Lipinski definition) is 1. The summed E-state index contributed by atoms with van der Waals surface area (Å²) in [5.74, 6) is 0.0663. The largest absolute Gasteiger partial charge is 0.347 e. The first kappa shape index (κ1) is 14.3. The van der Waals surface area contributed by atoms with Crippen LogP contribution in [0.1, 0.15) is 24.1 Å². The third kappa shape index (κ3) is 4.52. The SMILES string of the molecule is C[C@@H]([NH2+]CC(=O)NCc1ccccc1)c1ccccc1. The molecule has 0 fully saturated rings. The highest BCUT2D eigenvalue weighted by Gasteiger charge is 2.10. The van der Waals surface area contributed by atoms with Gasteiger partial charge in [0, 0.05) is 12.1 Å². The van der Waals surface area contributed by atoms with E-state index in [1.165, 1.54) is 5.56 Å². The number of benzene rings is 2. The molecule has 2 aromatic carbocycles. The van der Waals surface area contributed by atoms with Crippen LogP contribution in [0.4, 0.5) is 0 Å². The van der Waals surface area contributed by atoms with Gasteiger partial charge in [-0.1, -0.05) is 60.7 Å². The number of amides is 1. The summed E-state index contributed by atoms with van der Waals surface area (Å²) in [5, 5.41) is 4.99. The Morgan fingerprint density at radius 1 is 1.05 bits per heavy atom. The quantitative estimate of drug-likeness (QED) is 0.822. The van der Waals surface area contributed by atoms with Gasteiger partial charge < -0.3 is 10.6 Å². The fourth-order valence-corrected chi connectivity index (χ4v) is 2.05. The Morgan fingerprint density at radius 2 is 1.65 bits per heavy atom. The number of carbonyl (C=O) groups excluding carboxylic acids is 1. The first-order valence-electron chi connectivity index (χ1n) is 6.94. The lowest BCUT2D eigenvalue weighted by Gasteiger charge is -2.11. The van der Waals surface area contributed by atoms with Crippen LogP contribution in [-0.4, -0.2) is 12.5 Å². The molecule has 2 aromatic rings. The van der Waals surface area contributed by atoms with Gasteiger partial charge >= 0.3 is 0 Å². The zero-order chi connectivity index (χ0) is 14.2. The van der Waals surface area contributed by atoms with Crippen LogP contribution in [-0.2, 0) is 11.3 Å². The number of nitrogens with two attached hydrogens (primary N) is 1. The lowest BCUT2D eigenvalue weighted by atomic mass is 10.1. The molecule has 0 heterocycles. The van der Waals surface area contributed by atoms with Crippen molar-refractivity contribution in [3.05, 3.63) is 71.8 Å². The molecule has 104 valence electrons. The zero-order valence-electron chi connectivity index (χ0n) is 11.8. The Kier molecular flexibility index (Phi) is 5.33. The van der Waals surface area contributed by atoms with Crippen molar-refractivity contribution in [2.24, 2.45) is 0 Å². The highest BCUT2D eigenvalue weighted by atomic mass is 16.1. The maximum absolute atomic E-state index is 11.8. The molecule has 0 aliphatic rings. The highest BCUT2D eigenvalue weighted by molar-refractivity contribution is 5.76. The van der Waals surface area contributed by atoms with E-state index in [1.54, 1.807) is 0 Å². The maximum Gasteiger partial charge on any atom is 0.275 e. The summed E-state index contributed by atoms with van der Waals surface area (Å²) >= 11 is 0. The van der Waals surface area contributed by atoms with E-state index in [4.69, 9.17) is 0 Å². The molecule has 0 aliphatic carbocycles. The predicted molar refractivity (Wildman–Crippen MR) is 79.9 cm³/mol. The Labute approximate surface area is 120 Å². The van der Waals surface area contributed by atoms with Crippen molar-refractivity contribution in [1.82, 2.24) is 5.32 Å². The summed E-state index contributed by atoms with van der Waals surface area (Å²) in [6.45, 7) is 3.15. The van der Waals surface area contributed by atoms with Gasteiger partial charge in [0.25, 0.3) is 5.91 Å². The fraction of sp³-hybridized carbons (Fsp3) is 0.235.